The van der Waals surface area contributed by atoms with Gasteiger partial charge in [0.1, 0.15) is 0 Å². The molecule has 0 bridgehead atoms. The van der Waals surface area contributed by atoms with Crippen molar-refractivity contribution < 1.29 is 34.2 Å². The van der Waals surface area contributed by atoms with Gasteiger partial charge in [0.2, 0.25) is 11.8 Å². The van der Waals surface area contributed by atoms with Crippen LogP contribution in [0.2, 0.25) is 0 Å². The molecule has 5 unspecified atom stereocenters. The van der Waals surface area contributed by atoms with E-state index in [4.69, 9.17) is 10.2 Å². The molecular weight excluding hydrogens is 855 g/mol. The predicted molar refractivity (Wildman–Crippen MR) is 290 cm³/mol. The normalized spacial score (nSPS) is 12.3. The van der Waals surface area contributed by atoms with Gasteiger partial charge in [0.05, 0.1) is 5.69 Å². The molecule has 386 valence electrons. The zero-order valence-electron chi connectivity index (χ0n) is 37.8. The van der Waals surface area contributed by atoms with Crippen LogP contribution in [-0.2, 0) is 19.2 Å². The lowest BCUT2D eigenvalue weighted by Gasteiger charge is -2.34. The number of rotatable bonds is 29. The van der Waals surface area contributed by atoms with Crippen LogP contribution in [0.4, 0.5) is 17.1 Å². The van der Waals surface area contributed by atoms with Crippen molar-refractivity contribution >= 4 is 52.4 Å². The Kier molecular flexibility index (Phi) is 38.0. The lowest BCUT2D eigenvalue weighted by Crippen LogP contribution is -2.42. The second kappa shape index (κ2) is 37.5. The van der Waals surface area contributed by atoms with Crippen molar-refractivity contribution in [1.29, 1.82) is 0 Å². The van der Waals surface area contributed by atoms with Crippen molar-refractivity contribution in [1.82, 2.24) is 4.90 Å². The third kappa shape index (κ3) is 23.5. The summed E-state index contributed by atoms with van der Waals surface area (Å²) >= 11 is 0. The molecule has 3 rings (SSSR count). The Morgan fingerprint density at radius 2 is 1.10 bits per heavy atom. The zero-order chi connectivity index (χ0) is 45.4. The molecule has 0 fully saturated rings. The van der Waals surface area contributed by atoms with Crippen LogP contribution >= 0.6 is 0 Å². The maximum absolute atomic E-state index is 14.9. The fraction of sp³-hybridized carbons (Fsp3) is 0.571. The summed E-state index contributed by atoms with van der Waals surface area (Å²) in [6.07, 6.45) is 12.8. The van der Waals surface area contributed by atoms with E-state index in [2.05, 4.69) is 84.9 Å². The van der Waals surface area contributed by atoms with Gasteiger partial charge in [0, 0.05) is 41.9 Å². The van der Waals surface area contributed by atoms with E-state index in [0.717, 1.165) is 83.7 Å². The molecule has 68 heavy (non-hydrogen) atoms. The monoisotopic (exact) mass is 950 g/mol. The molecule has 0 radical (unpaired) electrons. The minimum atomic E-state index is -1.69. The van der Waals surface area contributed by atoms with Gasteiger partial charge in [0.25, 0.3) is 11.6 Å². The van der Waals surface area contributed by atoms with Crippen molar-refractivity contribution in [2.75, 3.05) is 29.1 Å². The number of hydrogen-bond acceptors (Lipinski definition) is 7. The van der Waals surface area contributed by atoms with E-state index in [-0.39, 0.29) is 79.5 Å². The number of anilines is 3. The molecule has 0 saturated carbocycles. The molecular formula is C56H95N5O7. The van der Waals surface area contributed by atoms with Crippen molar-refractivity contribution in [3.05, 3.63) is 90.0 Å². The SMILES string of the molecule is C.C.C.C.C.C.CCCCC(CC)CN(CC(CC)CCCC)C(=O)C(CCC(C)C(=O)Nc1cccc(NC(=O)c2ccc(NN=C(C(=O)O)C(=O)O)cc2)c1)CCC(CC)c1ccccc1. The number of carbonyl (C=O) groups excluding carboxylic acids is 3. The van der Waals surface area contributed by atoms with Gasteiger partial charge in [-0.15, -0.1) is 0 Å². The molecule has 3 aromatic carbocycles. The molecule has 0 saturated heterocycles. The molecule has 0 heterocycles. The van der Waals surface area contributed by atoms with Crippen molar-refractivity contribution in [2.45, 2.75) is 175 Å². The van der Waals surface area contributed by atoms with Gasteiger partial charge >= 0.3 is 11.9 Å². The van der Waals surface area contributed by atoms with Gasteiger partial charge in [-0.2, -0.15) is 5.10 Å². The van der Waals surface area contributed by atoms with E-state index in [9.17, 15) is 24.0 Å². The Hall–Kier alpha value is -5.52. The first-order chi connectivity index (χ1) is 29.8. The molecule has 0 aromatic heterocycles. The van der Waals surface area contributed by atoms with Crippen LogP contribution in [0.15, 0.2) is 84.0 Å². The molecule has 3 aromatic rings. The third-order valence-electron chi connectivity index (χ3n) is 12.0. The fourth-order valence-electron chi connectivity index (χ4n) is 7.83. The number of hydrogen-bond donors (Lipinski definition) is 5. The van der Waals surface area contributed by atoms with Crippen LogP contribution in [0.5, 0.6) is 0 Å². The molecule has 0 aliphatic carbocycles. The summed E-state index contributed by atoms with van der Waals surface area (Å²) < 4.78 is 0. The molecule has 3 amide bonds. The Bertz CT molecular complexity index is 1850. The maximum atomic E-state index is 14.9. The van der Waals surface area contributed by atoms with Gasteiger partial charge in [0.15, 0.2) is 0 Å². The van der Waals surface area contributed by atoms with E-state index < -0.39 is 23.6 Å². The van der Waals surface area contributed by atoms with E-state index in [1.807, 2.05) is 13.0 Å². The van der Waals surface area contributed by atoms with Crippen molar-refractivity contribution in [2.24, 2.45) is 28.8 Å². The standard InChI is InChI=1S/C50H71N5O7.6CH4/c1-7-12-18-36(9-3)33-55(34-37(10-4)19-13-8-2)48(58)41(27-26-38(11-5)39-20-15-14-16-21-39)25-24-35(6)46(56)51-43-22-17-23-44(32-43)52-47(57)40-28-30-42(31-29-40)53-54-45(49(59)60)50(61)62;;;;;;/h14-17,20-23,28-32,35-38,41,53H,7-13,18-19,24-27,33-34H2,1-6H3,(H,51,56)(H,52,57)(H,59,60)(H,61,62);6*1H4. The lowest BCUT2D eigenvalue weighted by molar-refractivity contribution is -0.138. The minimum absolute atomic E-state index is 0. The van der Waals surface area contributed by atoms with E-state index in [0.29, 0.717) is 42.0 Å². The number of aliphatic carboxylic acids is 2. The van der Waals surface area contributed by atoms with Crippen LogP contribution in [0.3, 0.4) is 0 Å². The average Bonchev–Trinajstić information content (AvgIpc) is 3.27. The van der Waals surface area contributed by atoms with Gasteiger partial charge < -0.3 is 25.7 Å². The number of benzene rings is 3. The smallest absolute Gasteiger partial charge is 0.364 e. The number of nitrogens with one attached hydrogen (secondary N) is 3. The molecule has 0 aliphatic rings. The Morgan fingerprint density at radius 3 is 1.59 bits per heavy atom. The highest BCUT2D eigenvalue weighted by atomic mass is 16.4. The van der Waals surface area contributed by atoms with E-state index in [1.54, 1.807) is 24.3 Å². The summed E-state index contributed by atoms with van der Waals surface area (Å²) in [6, 6.07) is 23.3. The third-order valence-corrected chi connectivity index (χ3v) is 12.0. The molecule has 12 heteroatoms. The van der Waals surface area contributed by atoms with Crippen LogP contribution < -0.4 is 16.1 Å². The number of hydrazone groups is 1. The second-order valence-corrected chi connectivity index (χ2v) is 16.6. The average molecular weight is 950 g/mol. The summed E-state index contributed by atoms with van der Waals surface area (Å²) in [5, 5.41) is 27.2. The minimum Gasteiger partial charge on any atom is -0.476 e. The zero-order valence-corrected chi connectivity index (χ0v) is 37.8. The maximum Gasteiger partial charge on any atom is 0.364 e. The molecule has 0 spiro atoms. The second-order valence-electron chi connectivity index (χ2n) is 16.6. The first kappa shape index (κ1) is 69.1. The van der Waals surface area contributed by atoms with Crippen LogP contribution in [0, 0.1) is 23.7 Å². The summed E-state index contributed by atoms with van der Waals surface area (Å²) in [7, 11) is 0. The number of unbranched alkanes of at least 4 members (excludes halogenated alkanes) is 2. The number of nitrogens with zero attached hydrogens (tertiary/aromatic N) is 2. The largest absolute Gasteiger partial charge is 0.476 e. The summed E-state index contributed by atoms with van der Waals surface area (Å²) in [4.78, 5) is 66.0. The first-order valence-electron chi connectivity index (χ1n) is 22.8. The predicted octanol–water partition coefficient (Wildman–Crippen LogP) is 14.9. The molecule has 12 nitrogen and oxygen atoms in total. The highest BCUT2D eigenvalue weighted by Gasteiger charge is 2.30. The number of amides is 3. The van der Waals surface area contributed by atoms with Crippen molar-refractivity contribution in [3.8, 4) is 0 Å². The van der Waals surface area contributed by atoms with E-state index in [1.165, 1.54) is 29.8 Å². The Balaban J connectivity index is -0.00000341. The van der Waals surface area contributed by atoms with Crippen LogP contribution in [0.25, 0.3) is 0 Å². The topological polar surface area (TPSA) is 177 Å². The molecule has 5 N–H and O–H groups in total. The first-order valence-corrected chi connectivity index (χ1v) is 22.8. The van der Waals surface area contributed by atoms with Gasteiger partial charge in [-0.1, -0.05) is 161 Å². The molecule has 5 atom stereocenters. The summed E-state index contributed by atoms with van der Waals surface area (Å²) in [5.41, 5.74) is 4.14. The summed E-state index contributed by atoms with van der Waals surface area (Å²) in [5.74, 6) is -3.02. The van der Waals surface area contributed by atoms with Gasteiger partial charge in [-0.05, 0) is 111 Å². The van der Waals surface area contributed by atoms with Crippen LogP contribution in [-0.4, -0.2) is 63.6 Å². The molecule has 0 aliphatic heterocycles. The van der Waals surface area contributed by atoms with Crippen LogP contribution in [0.1, 0.15) is 191 Å². The Morgan fingerprint density at radius 1 is 0.588 bits per heavy atom. The quantitative estimate of drug-likeness (QED) is 0.0259. The van der Waals surface area contributed by atoms with E-state index >= 15 is 0 Å². The number of carboxylic acids is 2. The summed E-state index contributed by atoms with van der Waals surface area (Å²) in [6.45, 7) is 14.6. The number of carboxylic acid groups (broad SMARTS) is 2. The highest BCUT2D eigenvalue weighted by molar-refractivity contribution is 6.61. The lowest BCUT2D eigenvalue weighted by atomic mass is 9.85. The highest BCUT2D eigenvalue weighted by Crippen LogP contribution is 2.31. The van der Waals surface area contributed by atoms with Crippen molar-refractivity contribution in [3.63, 3.8) is 0 Å². The fourth-order valence-corrected chi connectivity index (χ4v) is 7.83. The number of carbonyl (C=O) groups is 5. The van der Waals surface area contributed by atoms with Gasteiger partial charge in [-0.3, -0.25) is 19.8 Å². The van der Waals surface area contributed by atoms with Gasteiger partial charge in [-0.25, -0.2) is 9.59 Å². The Labute approximate surface area is 413 Å².